The van der Waals surface area contributed by atoms with Gasteiger partial charge < -0.3 is 15.1 Å². The summed E-state index contributed by atoms with van der Waals surface area (Å²) in [6.07, 6.45) is -3.19. The second-order valence-corrected chi connectivity index (χ2v) is 6.83. The lowest BCUT2D eigenvalue weighted by atomic mass is 9.96. The number of likely N-dealkylation sites (tertiary alicyclic amines) is 1. The fourth-order valence-electron chi connectivity index (χ4n) is 3.15. The Labute approximate surface area is 161 Å². The number of piperidine rings is 1. The molecule has 1 saturated heterocycles. The number of nitrogens with zero attached hydrogens (tertiary/aromatic N) is 2. The van der Waals surface area contributed by atoms with Crippen molar-refractivity contribution >= 4 is 29.2 Å². The molecule has 1 fully saturated rings. The number of nitrogens with one attached hydrogen (secondary N) is 1. The summed E-state index contributed by atoms with van der Waals surface area (Å²) in [6, 6.07) is 2.21. The zero-order valence-corrected chi connectivity index (χ0v) is 16.0. The third-order valence-electron chi connectivity index (χ3n) is 4.67. The van der Waals surface area contributed by atoms with Gasteiger partial charge >= 0.3 is 12.2 Å². The second kappa shape index (κ2) is 8.82. The summed E-state index contributed by atoms with van der Waals surface area (Å²) in [6.45, 7) is 5.65. The standard InChI is InChI=1S/C18H23ClF3N3O2/c1-3-24(4-2)16(26)12-6-5-9-25(11-12)17(27)23-15-10-13(18(20,21)22)7-8-14(15)19/h7-8,10,12H,3-6,9,11H2,1-2H3,(H,23,27). The number of rotatable bonds is 4. The number of benzene rings is 1. The number of anilines is 1. The van der Waals surface area contributed by atoms with E-state index in [2.05, 4.69) is 5.32 Å². The van der Waals surface area contributed by atoms with Crippen LogP contribution in [-0.4, -0.2) is 47.9 Å². The molecule has 150 valence electrons. The van der Waals surface area contributed by atoms with Crippen LogP contribution in [0.4, 0.5) is 23.7 Å². The van der Waals surface area contributed by atoms with Gasteiger partial charge in [-0.15, -0.1) is 0 Å². The highest BCUT2D eigenvalue weighted by atomic mass is 35.5. The van der Waals surface area contributed by atoms with Gasteiger partial charge in [0.25, 0.3) is 0 Å². The molecule has 1 unspecified atom stereocenters. The molecule has 5 nitrogen and oxygen atoms in total. The summed E-state index contributed by atoms with van der Waals surface area (Å²) in [5.41, 5.74) is -0.996. The first-order valence-electron chi connectivity index (χ1n) is 8.88. The SMILES string of the molecule is CCN(CC)C(=O)C1CCCN(C(=O)Nc2cc(C(F)(F)F)ccc2Cl)C1. The van der Waals surface area contributed by atoms with Gasteiger partial charge in [-0.1, -0.05) is 11.6 Å². The van der Waals surface area contributed by atoms with Crippen LogP contribution in [0.5, 0.6) is 0 Å². The van der Waals surface area contributed by atoms with Crippen LogP contribution in [0.25, 0.3) is 0 Å². The van der Waals surface area contributed by atoms with Crippen LogP contribution >= 0.6 is 11.6 Å². The van der Waals surface area contributed by atoms with Crippen LogP contribution in [0.2, 0.25) is 5.02 Å². The van der Waals surface area contributed by atoms with Crippen molar-refractivity contribution in [3.63, 3.8) is 0 Å². The highest BCUT2D eigenvalue weighted by Gasteiger charge is 2.33. The monoisotopic (exact) mass is 405 g/mol. The molecule has 2 rings (SSSR count). The summed E-state index contributed by atoms with van der Waals surface area (Å²) >= 11 is 5.93. The van der Waals surface area contributed by atoms with E-state index in [4.69, 9.17) is 11.6 Å². The molecular formula is C18H23ClF3N3O2. The lowest BCUT2D eigenvalue weighted by Gasteiger charge is -2.34. The molecule has 0 radical (unpaired) electrons. The van der Waals surface area contributed by atoms with Crippen LogP contribution in [-0.2, 0) is 11.0 Å². The summed E-state index contributed by atoms with van der Waals surface area (Å²) in [5, 5.41) is 2.46. The van der Waals surface area contributed by atoms with E-state index in [0.29, 0.717) is 32.5 Å². The van der Waals surface area contributed by atoms with Gasteiger partial charge in [0.15, 0.2) is 0 Å². The lowest BCUT2D eigenvalue weighted by Crippen LogP contribution is -2.48. The number of amides is 3. The number of hydrogen-bond donors (Lipinski definition) is 1. The Morgan fingerprint density at radius 3 is 2.56 bits per heavy atom. The molecular weight excluding hydrogens is 383 g/mol. The van der Waals surface area contributed by atoms with Crippen molar-refractivity contribution < 1.29 is 22.8 Å². The van der Waals surface area contributed by atoms with E-state index in [1.165, 1.54) is 4.90 Å². The number of halogens is 4. The summed E-state index contributed by atoms with van der Waals surface area (Å²) in [4.78, 5) is 28.2. The highest BCUT2D eigenvalue weighted by molar-refractivity contribution is 6.33. The third-order valence-corrected chi connectivity index (χ3v) is 5.00. The molecule has 9 heteroatoms. The Morgan fingerprint density at radius 2 is 1.96 bits per heavy atom. The molecule has 1 aromatic carbocycles. The maximum absolute atomic E-state index is 12.9. The first-order chi connectivity index (χ1) is 12.7. The van der Waals surface area contributed by atoms with Crippen molar-refractivity contribution in [3.05, 3.63) is 28.8 Å². The van der Waals surface area contributed by atoms with Crippen molar-refractivity contribution in [1.29, 1.82) is 0 Å². The summed E-state index contributed by atoms with van der Waals surface area (Å²) < 4.78 is 38.6. The van der Waals surface area contributed by atoms with Crippen LogP contribution in [0, 0.1) is 5.92 Å². The predicted octanol–water partition coefficient (Wildman–Crippen LogP) is 4.47. The van der Waals surface area contributed by atoms with E-state index < -0.39 is 17.8 Å². The van der Waals surface area contributed by atoms with E-state index in [9.17, 15) is 22.8 Å². The van der Waals surface area contributed by atoms with Crippen molar-refractivity contribution in [2.24, 2.45) is 5.92 Å². The lowest BCUT2D eigenvalue weighted by molar-refractivity contribution is -0.138. The van der Waals surface area contributed by atoms with Crippen LogP contribution in [0.3, 0.4) is 0 Å². The number of carbonyl (C=O) groups excluding carboxylic acids is 2. The van der Waals surface area contributed by atoms with Gasteiger partial charge in [0, 0.05) is 26.2 Å². The van der Waals surface area contributed by atoms with E-state index in [0.717, 1.165) is 18.2 Å². The normalized spacial score (nSPS) is 17.6. The Morgan fingerprint density at radius 1 is 1.30 bits per heavy atom. The van der Waals surface area contributed by atoms with Gasteiger partial charge in [-0.3, -0.25) is 4.79 Å². The van der Waals surface area contributed by atoms with Crippen molar-refractivity contribution in [2.45, 2.75) is 32.9 Å². The Hall–Kier alpha value is -1.96. The van der Waals surface area contributed by atoms with Gasteiger partial charge in [-0.05, 0) is 44.9 Å². The Bertz CT molecular complexity index is 693. The zero-order chi connectivity index (χ0) is 20.2. The van der Waals surface area contributed by atoms with Crippen LogP contribution < -0.4 is 5.32 Å². The largest absolute Gasteiger partial charge is 0.416 e. The molecule has 0 bridgehead atoms. The molecule has 0 aromatic heterocycles. The minimum Gasteiger partial charge on any atom is -0.343 e. The third kappa shape index (κ3) is 5.28. The van der Waals surface area contributed by atoms with E-state index >= 15 is 0 Å². The summed E-state index contributed by atoms with van der Waals surface area (Å²) in [7, 11) is 0. The number of alkyl halides is 3. The zero-order valence-electron chi connectivity index (χ0n) is 15.3. The molecule has 0 spiro atoms. The summed E-state index contributed by atoms with van der Waals surface area (Å²) in [5.74, 6) is -0.309. The van der Waals surface area contributed by atoms with Crippen LogP contribution in [0.1, 0.15) is 32.3 Å². The maximum Gasteiger partial charge on any atom is 0.416 e. The minimum absolute atomic E-state index is 0.00500. The highest BCUT2D eigenvalue weighted by Crippen LogP contribution is 2.34. The number of hydrogen-bond acceptors (Lipinski definition) is 2. The molecule has 1 aromatic rings. The van der Waals surface area contributed by atoms with E-state index in [1.807, 2.05) is 13.8 Å². The maximum atomic E-state index is 12.9. The molecule has 1 atom stereocenters. The smallest absolute Gasteiger partial charge is 0.343 e. The van der Waals surface area contributed by atoms with Gasteiger partial charge in [-0.25, -0.2) is 4.79 Å². The average Bonchev–Trinajstić information content (AvgIpc) is 2.63. The molecule has 0 aliphatic carbocycles. The van der Waals surface area contributed by atoms with Gasteiger partial charge in [0.2, 0.25) is 5.91 Å². The Balaban J connectivity index is 2.09. The van der Waals surface area contributed by atoms with Crippen LogP contribution in [0.15, 0.2) is 18.2 Å². The Kier molecular flexibility index (Phi) is 6.97. The minimum atomic E-state index is -4.53. The molecule has 1 aliphatic rings. The van der Waals surface area contributed by atoms with Gasteiger partial charge in [0.1, 0.15) is 0 Å². The molecule has 0 saturated carbocycles. The second-order valence-electron chi connectivity index (χ2n) is 6.42. The molecule has 27 heavy (non-hydrogen) atoms. The molecule has 1 heterocycles. The number of urea groups is 1. The quantitative estimate of drug-likeness (QED) is 0.803. The first kappa shape index (κ1) is 21.3. The number of carbonyl (C=O) groups is 2. The van der Waals surface area contributed by atoms with E-state index in [-0.39, 0.29) is 29.1 Å². The van der Waals surface area contributed by atoms with Crippen molar-refractivity contribution in [1.82, 2.24) is 9.80 Å². The molecule has 1 N–H and O–H groups in total. The van der Waals surface area contributed by atoms with Crippen molar-refractivity contribution in [3.8, 4) is 0 Å². The van der Waals surface area contributed by atoms with E-state index in [1.54, 1.807) is 4.90 Å². The fraction of sp³-hybridized carbons (Fsp3) is 0.556. The van der Waals surface area contributed by atoms with Crippen molar-refractivity contribution in [2.75, 3.05) is 31.5 Å². The molecule has 1 aliphatic heterocycles. The fourth-order valence-corrected chi connectivity index (χ4v) is 3.31. The first-order valence-corrected chi connectivity index (χ1v) is 9.26. The average molecular weight is 406 g/mol. The predicted molar refractivity (Wildman–Crippen MR) is 97.7 cm³/mol. The van der Waals surface area contributed by atoms with Gasteiger partial charge in [-0.2, -0.15) is 13.2 Å². The van der Waals surface area contributed by atoms with Gasteiger partial charge in [0.05, 0.1) is 22.2 Å². The molecule has 3 amide bonds. The topological polar surface area (TPSA) is 52.7 Å².